The molecule has 2 aromatic rings. The average molecular weight is 233 g/mol. The highest BCUT2D eigenvalue weighted by Crippen LogP contribution is 2.24. The number of hydrogen-bond acceptors (Lipinski definition) is 3. The van der Waals surface area contributed by atoms with Crippen LogP contribution >= 0.6 is 12.2 Å². The molecule has 0 amide bonds. The van der Waals surface area contributed by atoms with Crippen LogP contribution in [-0.2, 0) is 4.74 Å². The number of rotatable bonds is 2. The van der Waals surface area contributed by atoms with Crippen molar-refractivity contribution in [2.24, 2.45) is 0 Å². The number of nitrogens with one attached hydrogen (secondary N) is 1. The van der Waals surface area contributed by atoms with E-state index < -0.39 is 0 Å². The molecule has 0 spiro atoms. The van der Waals surface area contributed by atoms with Gasteiger partial charge in [0.1, 0.15) is 5.82 Å². The lowest BCUT2D eigenvalue weighted by atomic mass is 10.1. The van der Waals surface area contributed by atoms with Crippen molar-refractivity contribution in [3.8, 4) is 5.69 Å². The Kier molecular flexibility index (Phi) is 2.34. The summed E-state index contributed by atoms with van der Waals surface area (Å²) in [6.45, 7) is 1.46. The number of aromatic amines is 1. The van der Waals surface area contributed by atoms with Crippen LogP contribution in [0.25, 0.3) is 5.69 Å². The van der Waals surface area contributed by atoms with E-state index in [4.69, 9.17) is 17.0 Å². The van der Waals surface area contributed by atoms with Crippen molar-refractivity contribution in [2.45, 2.75) is 5.92 Å². The van der Waals surface area contributed by atoms with E-state index in [9.17, 15) is 0 Å². The lowest BCUT2D eigenvalue weighted by Crippen LogP contribution is -2.28. The van der Waals surface area contributed by atoms with Gasteiger partial charge in [0.2, 0.25) is 0 Å². The van der Waals surface area contributed by atoms with E-state index in [1.807, 2.05) is 34.9 Å². The maximum atomic E-state index is 5.25. The first-order valence-electron chi connectivity index (χ1n) is 5.17. The molecule has 0 radical (unpaired) electrons. The van der Waals surface area contributed by atoms with E-state index in [1.165, 1.54) is 0 Å². The van der Waals surface area contributed by atoms with Gasteiger partial charge in [-0.2, -0.15) is 5.10 Å². The Morgan fingerprint density at radius 2 is 2.06 bits per heavy atom. The average Bonchev–Trinajstić information content (AvgIpc) is 2.59. The fourth-order valence-electron chi connectivity index (χ4n) is 1.79. The Morgan fingerprint density at radius 3 is 2.69 bits per heavy atom. The smallest absolute Gasteiger partial charge is 0.199 e. The number of nitrogens with zero attached hydrogens (tertiary/aromatic N) is 2. The molecule has 0 unspecified atom stereocenters. The predicted octanol–water partition coefficient (Wildman–Crippen LogP) is 2.04. The summed E-state index contributed by atoms with van der Waals surface area (Å²) in [7, 11) is 0. The summed E-state index contributed by atoms with van der Waals surface area (Å²) in [5.74, 6) is 1.32. The molecule has 16 heavy (non-hydrogen) atoms. The fraction of sp³-hybridized carbons (Fsp3) is 0.273. The first kappa shape index (κ1) is 9.74. The topological polar surface area (TPSA) is 42.8 Å². The van der Waals surface area contributed by atoms with Crippen molar-refractivity contribution in [1.82, 2.24) is 14.8 Å². The molecule has 0 saturated carbocycles. The molecule has 1 aliphatic heterocycles. The molecule has 2 heterocycles. The van der Waals surface area contributed by atoms with Crippen molar-refractivity contribution in [3.05, 3.63) is 40.9 Å². The van der Waals surface area contributed by atoms with E-state index in [-0.39, 0.29) is 0 Å². The van der Waals surface area contributed by atoms with Gasteiger partial charge >= 0.3 is 0 Å². The van der Waals surface area contributed by atoms with Crippen LogP contribution in [-0.4, -0.2) is 28.0 Å². The number of H-pyrrole nitrogens is 1. The van der Waals surface area contributed by atoms with Crippen molar-refractivity contribution in [2.75, 3.05) is 13.2 Å². The Bertz CT molecular complexity index is 542. The molecule has 0 atom stereocenters. The highest BCUT2D eigenvalue weighted by Gasteiger charge is 2.26. The summed E-state index contributed by atoms with van der Waals surface area (Å²) in [5, 5.41) is 7.12. The fourth-order valence-corrected chi connectivity index (χ4v) is 2.04. The molecule has 82 valence electrons. The highest BCUT2D eigenvalue weighted by molar-refractivity contribution is 7.71. The van der Waals surface area contributed by atoms with Gasteiger partial charge in [-0.1, -0.05) is 18.2 Å². The van der Waals surface area contributed by atoms with Gasteiger partial charge in [0, 0.05) is 5.69 Å². The number of benzene rings is 1. The summed E-state index contributed by atoms with van der Waals surface area (Å²) in [6.07, 6.45) is 0. The lowest BCUT2D eigenvalue weighted by molar-refractivity contribution is 0.00413. The summed E-state index contributed by atoms with van der Waals surface area (Å²) in [5.41, 5.74) is 1.04. The van der Waals surface area contributed by atoms with Crippen molar-refractivity contribution >= 4 is 12.2 Å². The van der Waals surface area contributed by atoms with E-state index in [0.717, 1.165) is 24.7 Å². The van der Waals surface area contributed by atoms with Gasteiger partial charge < -0.3 is 4.74 Å². The van der Waals surface area contributed by atoms with Gasteiger partial charge in [-0.25, -0.2) is 0 Å². The third-order valence-corrected chi connectivity index (χ3v) is 2.99. The first-order valence-corrected chi connectivity index (χ1v) is 5.57. The van der Waals surface area contributed by atoms with Gasteiger partial charge in [0.25, 0.3) is 0 Å². The van der Waals surface area contributed by atoms with Crippen LogP contribution in [0.2, 0.25) is 0 Å². The summed E-state index contributed by atoms with van der Waals surface area (Å²) >= 11 is 5.25. The zero-order valence-electron chi connectivity index (χ0n) is 8.59. The van der Waals surface area contributed by atoms with Gasteiger partial charge in [-0.05, 0) is 24.4 Å². The molecule has 1 saturated heterocycles. The van der Waals surface area contributed by atoms with E-state index >= 15 is 0 Å². The van der Waals surface area contributed by atoms with Crippen LogP contribution in [0.3, 0.4) is 0 Å². The van der Waals surface area contributed by atoms with E-state index in [2.05, 4.69) is 10.2 Å². The van der Waals surface area contributed by atoms with Crippen LogP contribution in [0.4, 0.5) is 0 Å². The standard InChI is InChI=1S/C11H11N3OS/c16-11-13-12-10(8-6-15-7-8)14(11)9-4-2-1-3-5-9/h1-5,8H,6-7H2,(H,13,16). The van der Waals surface area contributed by atoms with Crippen molar-refractivity contribution in [3.63, 3.8) is 0 Å². The lowest BCUT2D eigenvalue weighted by Gasteiger charge is -2.25. The zero-order chi connectivity index (χ0) is 11.0. The van der Waals surface area contributed by atoms with Crippen LogP contribution < -0.4 is 0 Å². The van der Waals surface area contributed by atoms with E-state index in [0.29, 0.717) is 10.7 Å². The number of hydrogen-bond donors (Lipinski definition) is 1. The second kappa shape index (κ2) is 3.84. The monoisotopic (exact) mass is 233 g/mol. The first-order chi connectivity index (χ1) is 7.86. The van der Waals surface area contributed by atoms with Crippen LogP contribution in [0.1, 0.15) is 11.7 Å². The molecule has 3 rings (SSSR count). The molecule has 1 aromatic heterocycles. The van der Waals surface area contributed by atoms with Gasteiger partial charge in [0.05, 0.1) is 19.1 Å². The van der Waals surface area contributed by atoms with Crippen LogP contribution in [0, 0.1) is 4.77 Å². The third-order valence-electron chi connectivity index (χ3n) is 2.72. The molecule has 0 aliphatic carbocycles. The molecular formula is C11H11N3OS. The molecule has 4 nitrogen and oxygen atoms in total. The molecular weight excluding hydrogens is 222 g/mol. The van der Waals surface area contributed by atoms with Gasteiger partial charge in [-0.15, -0.1) is 0 Å². The van der Waals surface area contributed by atoms with Gasteiger partial charge in [0.15, 0.2) is 4.77 Å². The molecule has 1 N–H and O–H groups in total. The summed E-state index contributed by atoms with van der Waals surface area (Å²) in [6, 6.07) is 10.0. The number of para-hydroxylation sites is 1. The molecule has 1 aliphatic rings. The maximum absolute atomic E-state index is 5.25. The maximum Gasteiger partial charge on any atom is 0.199 e. The SMILES string of the molecule is S=c1[nH]nc(C2COC2)n1-c1ccccc1. The summed E-state index contributed by atoms with van der Waals surface area (Å²) in [4.78, 5) is 0. The molecule has 1 aromatic carbocycles. The predicted molar refractivity (Wildman–Crippen MR) is 62.3 cm³/mol. The molecule has 1 fully saturated rings. The quantitative estimate of drug-likeness (QED) is 0.807. The zero-order valence-corrected chi connectivity index (χ0v) is 9.41. The molecule has 0 bridgehead atoms. The highest BCUT2D eigenvalue weighted by atomic mass is 32.1. The minimum absolute atomic E-state index is 0.355. The van der Waals surface area contributed by atoms with Crippen LogP contribution in [0.15, 0.2) is 30.3 Å². The van der Waals surface area contributed by atoms with Crippen molar-refractivity contribution in [1.29, 1.82) is 0 Å². The van der Waals surface area contributed by atoms with E-state index in [1.54, 1.807) is 0 Å². The largest absolute Gasteiger partial charge is 0.380 e. The van der Waals surface area contributed by atoms with Gasteiger partial charge in [-0.3, -0.25) is 9.67 Å². The minimum atomic E-state index is 0.355. The Balaban J connectivity index is 2.12. The Hall–Kier alpha value is -1.46. The number of aromatic nitrogens is 3. The minimum Gasteiger partial charge on any atom is -0.380 e. The second-order valence-corrected chi connectivity index (χ2v) is 4.18. The molecule has 5 heteroatoms. The van der Waals surface area contributed by atoms with Crippen molar-refractivity contribution < 1.29 is 4.74 Å². The Labute approximate surface area is 97.9 Å². The summed E-state index contributed by atoms with van der Waals surface area (Å²) < 4.78 is 7.80. The normalized spacial score (nSPS) is 16.0. The number of ether oxygens (including phenoxy) is 1. The Morgan fingerprint density at radius 1 is 1.31 bits per heavy atom. The second-order valence-electron chi connectivity index (χ2n) is 3.79. The third kappa shape index (κ3) is 1.48. The van der Waals surface area contributed by atoms with Crippen LogP contribution in [0.5, 0.6) is 0 Å².